The highest BCUT2D eigenvalue weighted by Crippen LogP contribution is 2.26. The molecule has 2 rings (SSSR count). The molecule has 1 atom stereocenters. The Bertz CT molecular complexity index is 408. The number of nitrogen functional groups attached to an aromatic ring is 1. The molecule has 1 aliphatic rings. The fraction of sp³-hybridized carbons (Fsp3) is 0.583. The molecule has 1 fully saturated rings. The van der Waals surface area contributed by atoms with Crippen LogP contribution in [0.25, 0.3) is 0 Å². The zero-order valence-electron chi connectivity index (χ0n) is 10.6. The number of anilines is 1. The van der Waals surface area contributed by atoms with Crippen molar-refractivity contribution in [3.8, 4) is 0 Å². The van der Waals surface area contributed by atoms with Crippen molar-refractivity contribution in [2.75, 3.05) is 32.9 Å². The molecule has 0 spiro atoms. The smallest absolute Gasteiger partial charge is 0.264 e. The van der Waals surface area contributed by atoms with Gasteiger partial charge in [0, 0.05) is 29.7 Å². The number of hydrogen-bond donors (Lipinski definition) is 1. The van der Waals surface area contributed by atoms with Crippen LogP contribution in [0, 0.1) is 6.92 Å². The number of carbonyl (C=O) groups is 1. The molecule has 4 nitrogen and oxygen atoms in total. The number of thiophene rings is 1. The minimum Gasteiger partial charge on any atom is -0.398 e. The maximum Gasteiger partial charge on any atom is 0.264 e. The number of likely N-dealkylation sites (tertiary alicyclic amines) is 1. The Hall–Kier alpha value is -1.07. The van der Waals surface area contributed by atoms with Crippen molar-refractivity contribution in [2.24, 2.45) is 0 Å². The van der Waals surface area contributed by atoms with Gasteiger partial charge in [0.25, 0.3) is 5.91 Å². The molecule has 1 aliphatic heterocycles. The Kier molecular flexibility index (Phi) is 3.40. The third-order valence-corrected chi connectivity index (χ3v) is 4.40. The Labute approximate surface area is 106 Å². The van der Waals surface area contributed by atoms with Crippen molar-refractivity contribution < 1.29 is 4.79 Å². The molecule has 2 heterocycles. The summed E-state index contributed by atoms with van der Waals surface area (Å²) in [7, 11) is 4.12. The monoisotopic (exact) mass is 253 g/mol. The van der Waals surface area contributed by atoms with E-state index >= 15 is 0 Å². The van der Waals surface area contributed by atoms with Crippen LogP contribution in [-0.2, 0) is 0 Å². The number of nitrogens with two attached hydrogens (primary N) is 1. The first-order valence-corrected chi connectivity index (χ1v) is 6.62. The molecular weight excluding hydrogens is 234 g/mol. The van der Waals surface area contributed by atoms with Crippen LogP contribution in [0.5, 0.6) is 0 Å². The summed E-state index contributed by atoms with van der Waals surface area (Å²) in [4.78, 5) is 18.1. The molecule has 1 aromatic rings. The molecule has 94 valence electrons. The van der Waals surface area contributed by atoms with Crippen LogP contribution in [0.1, 0.15) is 21.0 Å². The van der Waals surface area contributed by atoms with E-state index in [4.69, 9.17) is 5.73 Å². The van der Waals surface area contributed by atoms with Crippen LogP contribution < -0.4 is 5.73 Å². The molecular formula is C12H19N3OS. The Morgan fingerprint density at radius 3 is 2.76 bits per heavy atom. The summed E-state index contributed by atoms with van der Waals surface area (Å²) in [5.41, 5.74) is 6.51. The molecule has 0 aliphatic carbocycles. The van der Waals surface area contributed by atoms with Crippen LogP contribution in [0.15, 0.2) is 6.07 Å². The van der Waals surface area contributed by atoms with E-state index in [-0.39, 0.29) is 5.91 Å². The lowest BCUT2D eigenvalue weighted by molar-refractivity contribution is 0.0788. The number of carbonyl (C=O) groups excluding carboxylic acids is 1. The minimum absolute atomic E-state index is 0.124. The topological polar surface area (TPSA) is 49.6 Å². The normalized spacial score (nSPS) is 20.2. The maximum absolute atomic E-state index is 12.2. The second kappa shape index (κ2) is 4.66. The first-order chi connectivity index (χ1) is 7.99. The van der Waals surface area contributed by atoms with Gasteiger partial charge < -0.3 is 15.5 Å². The number of amides is 1. The predicted molar refractivity (Wildman–Crippen MR) is 71.5 cm³/mol. The first-order valence-electron chi connectivity index (χ1n) is 5.80. The molecule has 2 N–H and O–H groups in total. The third-order valence-electron chi connectivity index (χ3n) is 3.35. The average molecular weight is 253 g/mol. The summed E-state index contributed by atoms with van der Waals surface area (Å²) >= 11 is 1.49. The zero-order chi connectivity index (χ0) is 12.6. The zero-order valence-corrected chi connectivity index (χ0v) is 11.4. The van der Waals surface area contributed by atoms with Crippen molar-refractivity contribution in [1.82, 2.24) is 9.80 Å². The lowest BCUT2D eigenvalue weighted by Gasteiger charge is -2.19. The highest BCUT2D eigenvalue weighted by atomic mass is 32.1. The summed E-state index contributed by atoms with van der Waals surface area (Å²) < 4.78 is 0. The van der Waals surface area contributed by atoms with Crippen molar-refractivity contribution in [2.45, 2.75) is 19.4 Å². The van der Waals surface area contributed by atoms with E-state index in [0.717, 1.165) is 35.0 Å². The van der Waals surface area contributed by atoms with Gasteiger partial charge in [0.05, 0.1) is 4.88 Å². The van der Waals surface area contributed by atoms with E-state index in [9.17, 15) is 4.79 Å². The fourth-order valence-electron chi connectivity index (χ4n) is 2.11. The van der Waals surface area contributed by atoms with E-state index in [1.54, 1.807) is 6.07 Å². The summed E-state index contributed by atoms with van der Waals surface area (Å²) in [5.74, 6) is 0.124. The van der Waals surface area contributed by atoms with Gasteiger partial charge in [-0.1, -0.05) is 0 Å². The number of rotatable bonds is 2. The Morgan fingerprint density at radius 2 is 2.29 bits per heavy atom. The SMILES string of the molecule is Cc1sc(C(=O)N2CCC(N(C)C)C2)cc1N. The summed E-state index contributed by atoms with van der Waals surface area (Å²) in [6.45, 7) is 3.62. The Morgan fingerprint density at radius 1 is 1.59 bits per heavy atom. The van der Waals surface area contributed by atoms with Crippen LogP contribution in [0.2, 0.25) is 0 Å². The van der Waals surface area contributed by atoms with Crippen molar-refractivity contribution in [1.29, 1.82) is 0 Å². The lowest BCUT2D eigenvalue weighted by atomic mass is 10.2. The fourth-order valence-corrected chi connectivity index (χ4v) is 3.01. The lowest BCUT2D eigenvalue weighted by Crippen LogP contribution is -2.34. The molecule has 1 amide bonds. The number of likely N-dealkylation sites (N-methyl/N-ethyl adjacent to an activating group) is 1. The second-order valence-electron chi connectivity index (χ2n) is 4.78. The molecule has 0 bridgehead atoms. The van der Waals surface area contributed by atoms with Crippen molar-refractivity contribution >= 4 is 22.9 Å². The van der Waals surface area contributed by atoms with E-state index in [1.807, 2.05) is 11.8 Å². The summed E-state index contributed by atoms with van der Waals surface area (Å²) in [6.07, 6.45) is 1.05. The average Bonchev–Trinajstić information content (AvgIpc) is 2.86. The molecule has 1 unspecified atom stereocenters. The van der Waals surface area contributed by atoms with Crippen LogP contribution in [0.3, 0.4) is 0 Å². The van der Waals surface area contributed by atoms with Gasteiger partial charge in [0.2, 0.25) is 0 Å². The highest BCUT2D eigenvalue weighted by molar-refractivity contribution is 7.14. The summed E-state index contributed by atoms with van der Waals surface area (Å²) in [5, 5.41) is 0. The molecule has 1 saturated heterocycles. The second-order valence-corrected chi connectivity index (χ2v) is 6.04. The molecule has 0 aromatic carbocycles. The molecule has 17 heavy (non-hydrogen) atoms. The number of nitrogens with zero attached hydrogens (tertiary/aromatic N) is 2. The van der Waals surface area contributed by atoms with Gasteiger partial charge in [-0.2, -0.15) is 0 Å². The van der Waals surface area contributed by atoms with Gasteiger partial charge >= 0.3 is 0 Å². The largest absolute Gasteiger partial charge is 0.398 e. The van der Waals surface area contributed by atoms with Crippen LogP contribution in [0.4, 0.5) is 5.69 Å². The van der Waals surface area contributed by atoms with E-state index in [2.05, 4.69) is 19.0 Å². The van der Waals surface area contributed by atoms with Crippen LogP contribution >= 0.6 is 11.3 Å². The standard InChI is InChI=1S/C12H19N3OS/c1-8-10(13)6-11(17-8)12(16)15-5-4-9(7-15)14(2)3/h6,9H,4-5,7,13H2,1-3H3. The van der Waals surface area contributed by atoms with Gasteiger partial charge in [-0.3, -0.25) is 4.79 Å². The van der Waals surface area contributed by atoms with Crippen molar-refractivity contribution in [3.63, 3.8) is 0 Å². The van der Waals surface area contributed by atoms with Gasteiger partial charge in [-0.05, 0) is 33.5 Å². The number of hydrogen-bond acceptors (Lipinski definition) is 4. The predicted octanol–water partition coefficient (Wildman–Crippen LogP) is 1.41. The third kappa shape index (κ3) is 2.45. The quantitative estimate of drug-likeness (QED) is 0.867. The molecule has 5 heteroatoms. The summed E-state index contributed by atoms with van der Waals surface area (Å²) in [6, 6.07) is 2.28. The van der Waals surface area contributed by atoms with Gasteiger partial charge in [-0.15, -0.1) is 11.3 Å². The number of aryl methyl sites for hydroxylation is 1. The van der Waals surface area contributed by atoms with E-state index in [0.29, 0.717) is 6.04 Å². The highest BCUT2D eigenvalue weighted by Gasteiger charge is 2.28. The van der Waals surface area contributed by atoms with Gasteiger partial charge in [0.15, 0.2) is 0 Å². The maximum atomic E-state index is 12.2. The van der Waals surface area contributed by atoms with Gasteiger partial charge in [-0.25, -0.2) is 0 Å². The van der Waals surface area contributed by atoms with Crippen LogP contribution in [-0.4, -0.2) is 48.9 Å². The van der Waals surface area contributed by atoms with E-state index in [1.165, 1.54) is 11.3 Å². The van der Waals surface area contributed by atoms with Gasteiger partial charge in [0.1, 0.15) is 0 Å². The first kappa shape index (κ1) is 12.4. The van der Waals surface area contributed by atoms with Crippen molar-refractivity contribution in [3.05, 3.63) is 15.8 Å². The molecule has 0 saturated carbocycles. The Balaban J connectivity index is 2.07. The van der Waals surface area contributed by atoms with E-state index < -0.39 is 0 Å². The molecule has 0 radical (unpaired) electrons. The minimum atomic E-state index is 0.124. The molecule has 1 aromatic heterocycles.